The maximum atomic E-state index is 13.1. The van der Waals surface area contributed by atoms with Gasteiger partial charge in [-0.3, -0.25) is 4.79 Å². The third-order valence-corrected chi connectivity index (χ3v) is 7.12. The van der Waals surface area contributed by atoms with Gasteiger partial charge in [-0.15, -0.1) is 0 Å². The first-order valence-corrected chi connectivity index (χ1v) is 10.2. The van der Waals surface area contributed by atoms with Crippen molar-refractivity contribution in [1.29, 1.82) is 0 Å². The Bertz CT molecular complexity index is 940. The van der Waals surface area contributed by atoms with Crippen LogP contribution in [0.15, 0.2) is 17.0 Å². The Balaban J connectivity index is 1.88. The van der Waals surface area contributed by atoms with E-state index in [2.05, 4.69) is 4.98 Å². The number of H-pyrrole nitrogens is 1. The highest BCUT2D eigenvalue weighted by Gasteiger charge is 2.30. The van der Waals surface area contributed by atoms with Crippen LogP contribution < -0.4 is 0 Å². The fraction of sp³-hybridized carbons (Fsp3) is 0.500. The second-order valence-corrected chi connectivity index (χ2v) is 8.54. The van der Waals surface area contributed by atoms with E-state index in [1.54, 1.807) is 6.07 Å². The van der Waals surface area contributed by atoms with Crippen LogP contribution in [0.5, 0.6) is 0 Å². The molecule has 4 rings (SSSR count). The van der Waals surface area contributed by atoms with E-state index in [-0.39, 0.29) is 5.78 Å². The number of aromatic amines is 1. The summed E-state index contributed by atoms with van der Waals surface area (Å²) in [5.74, 6) is 0.151. The number of Topliss-reactive ketones (excluding diaryl/α,β-unsaturated/α-hetero) is 1. The van der Waals surface area contributed by atoms with Crippen LogP contribution >= 0.6 is 0 Å². The Morgan fingerprint density at radius 2 is 1.96 bits per heavy atom. The first kappa shape index (κ1) is 16.8. The minimum absolute atomic E-state index is 0.151. The van der Waals surface area contributed by atoms with Crippen molar-refractivity contribution in [1.82, 2.24) is 9.29 Å². The molecule has 0 saturated carbocycles. The van der Waals surface area contributed by atoms with Gasteiger partial charge < -0.3 is 9.72 Å². The zero-order valence-electron chi connectivity index (χ0n) is 14.3. The number of hydrogen-bond donors (Lipinski definition) is 1. The molecule has 0 radical (unpaired) electrons. The van der Waals surface area contributed by atoms with Crippen molar-refractivity contribution in [2.75, 3.05) is 26.3 Å². The minimum Gasteiger partial charge on any atom is -0.379 e. The van der Waals surface area contributed by atoms with Crippen molar-refractivity contribution in [3.05, 3.63) is 29.0 Å². The van der Waals surface area contributed by atoms with Gasteiger partial charge >= 0.3 is 0 Å². The second kappa shape index (κ2) is 6.23. The summed E-state index contributed by atoms with van der Waals surface area (Å²) < 4.78 is 33.0. The topological polar surface area (TPSA) is 79.5 Å². The van der Waals surface area contributed by atoms with Gasteiger partial charge in [0.25, 0.3) is 0 Å². The van der Waals surface area contributed by atoms with E-state index in [1.165, 1.54) is 4.31 Å². The summed E-state index contributed by atoms with van der Waals surface area (Å²) in [7, 11) is -3.56. The second-order valence-electron chi connectivity index (χ2n) is 6.63. The molecule has 25 heavy (non-hydrogen) atoms. The molecule has 2 aromatic rings. The Morgan fingerprint density at radius 3 is 2.68 bits per heavy atom. The molecule has 2 aliphatic rings. The number of ether oxygens (including phenoxy) is 1. The maximum Gasteiger partial charge on any atom is 0.243 e. The van der Waals surface area contributed by atoms with Crippen LogP contribution in [-0.4, -0.2) is 49.8 Å². The van der Waals surface area contributed by atoms with Crippen LogP contribution in [-0.2, 0) is 27.6 Å². The number of fused-ring (bicyclic) bond motifs is 3. The van der Waals surface area contributed by atoms with Gasteiger partial charge in [0, 0.05) is 41.7 Å². The molecule has 1 aliphatic heterocycles. The van der Waals surface area contributed by atoms with E-state index in [4.69, 9.17) is 4.74 Å². The number of benzene rings is 1. The molecule has 0 amide bonds. The molecule has 1 fully saturated rings. The zero-order valence-corrected chi connectivity index (χ0v) is 15.1. The zero-order chi connectivity index (χ0) is 17.6. The SMILES string of the molecule is CCc1cc2c3c([nH]c2cc1S(=O)(=O)N1CCOCC1)CCCC3=O. The van der Waals surface area contributed by atoms with Gasteiger partial charge in [-0.25, -0.2) is 8.42 Å². The van der Waals surface area contributed by atoms with E-state index in [9.17, 15) is 13.2 Å². The van der Waals surface area contributed by atoms with E-state index in [0.29, 0.717) is 44.0 Å². The molecule has 1 aromatic heterocycles. The maximum absolute atomic E-state index is 13.1. The van der Waals surface area contributed by atoms with Crippen LogP contribution in [0, 0.1) is 0 Å². The van der Waals surface area contributed by atoms with Gasteiger partial charge in [0.05, 0.1) is 18.1 Å². The molecule has 1 N–H and O–H groups in total. The lowest BCUT2D eigenvalue weighted by Crippen LogP contribution is -2.40. The van der Waals surface area contributed by atoms with Crippen molar-refractivity contribution in [2.24, 2.45) is 0 Å². The van der Waals surface area contributed by atoms with Crippen LogP contribution in [0.1, 0.15) is 41.4 Å². The van der Waals surface area contributed by atoms with Gasteiger partial charge in [0.1, 0.15) is 0 Å². The summed E-state index contributed by atoms with van der Waals surface area (Å²) >= 11 is 0. The fourth-order valence-electron chi connectivity index (χ4n) is 3.82. The predicted octanol–water partition coefficient (Wildman–Crippen LogP) is 2.27. The Labute approximate surface area is 147 Å². The monoisotopic (exact) mass is 362 g/mol. The normalized spacial score (nSPS) is 19.3. The molecule has 2 heterocycles. The quantitative estimate of drug-likeness (QED) is 0.908. The number of rotatable bonds is 3. The predicted molar refractivity (Wildman–Crippen MR) is 94.5 cm³/mol. The summed E-state index contributed by atoms with van der Waals surface area (Å²) in [6.45, 7) is 3.55. The Morgan fingerprint density at radius 1 is 1.20 bits per heavy atom. The summed E-state index contributed by atoms with van der Waals surface area (Å²) in [5.41, 5.74) is 3.20. The van der Waals surface area contributed by atoms with Crippen LogP contribution in [0.2, 0.25) is 0 Å². The third-order valence-electron chi connectivity index (χ3n) is 5.14. The van der Waals surface area contributed by atoms with Gasteiger partial charge in [-0.05, 0) is 37.0 Å². The van der Waals surface area contributed by atoms with Crippen molar-refractivity contribution >= 4 is 26.7 Å². The van der Waals surface area contributed by atoms with E-state index in [0.717, 1.165) is 40.6 Å². The highest BCUT2D eigenvalue weighted by atomic mass is 32.2. The van der Waals surface area contributed by atoms with Crippen molar-refractivity contribution in [3.63, 3.8) is 0 Å². The number of morpholine rings is 1. The first-order chi connectivity index (χ1) is 12.0. The first-order valence-electron chi connectivity index (χ1n) is 8.81. The number of carbonyl (C=O) groups excluding carboxylic acids is 1. The van der Waals surface area contributed by atoms with E-state index in [1.807, 2.05) is 13.0 Å². The van der Waals surface area contributed by atoms with Crippen LogP contribution in [0.25, 0.3) is 10.9 Å². The Hall–Kier alpha value is -1.70. The summed E-state index contributed by atoms with van der Waals surface area (Å²) in [6, 6.07) is 3.60. The average Bonchev–Trinajstić information content (AvgIpc) is 3.00. The molecule has 134 valence electrons. The fourth-order valence-corrected chi connectivity index (χ4v) is 5.53. The van der Waals surface area contributed by atoms with E-state index >= 15 is 0 Å². The third kappa shape index (κ3) is 2.70. The van der Waals surface area contributed by atoms with E-state index < -0.39 is 10.0 Å². The smallest absolute Gasteiger partial charge is 0.243 e. The number of ketones is 1. The van der Waals surface area contributed by atoms with Gasteiger partial charge in [0.15, 0.2) is 5.78 Å². The van der Waals surface area contributed by atoms with Crippen molar-refractivity contribution < 1.29 is 17.9 Å². The molecule has 0 atom stereocenters. The molecule has 0 spiro atoms. The van der Waals surface area contributed by atoms with Gasteiger partial charge in [0.2, 0.25) is 10.0 Å². The van der Waals surface area contributed by atoms with Crippen LogP contribution in [0.3, 0.4) is 0 Å². The molecule has 7 heteroatoms. The summed E-state index contributed by atoms with van der Waals surface area (Å²) in [6.07, 6.45) is 2.85. The molecule has 0 bridgehead atoms. The number of sulfonamides is 1. The standard InChI is InChI=1S/C18H22N2O4S/c1-2-12-10-13-15(19-14-4-3-5-16(21)18(13)14)11-17(12)25(22,23)20-6-8-24-9-7-20/h10-11,19H,2-9H2,1H3. The average molecular weight is 362 g/mol. The van der Waals surface area contributed by atoms with Gasteiger partial charge in [-0.2, -0.15) is 4.31 Å². The molecule has 1 aliphatic carbocycles. The Kier molecular flexibility index (Phi) is 4.17. The lowest BCUT2D eigenvalue weighted by Gasteiger charge is -2.27. The molecular weight excluding hydrogens is 340 g/mol. The number of nitrogens with zero attached hydrogens (tertiary/aromatic N) is 1. The largest absolute Gasteiger partial charge is 0.379 e. The summed E-state index contributed by atoms with van der Waals surface area (Å²) in [4.78, 5) is 16.0. The number of carbonyl (C=O) groups is 1. The number of nitrogens with one attached hydrogen (secondary N) is 1. The molecule has 1 saturated heterocycles. The van der Waals surface area contributed by atoms with Gasteiger partial charge in [-0.1, -0.05) is 6.92 Å². The molecular formula is C18H22N2O4S. The lowest BCUT2D eigenvalue weighted by molar-refractivity contribution is 0.0730. The number of aromatic nitrogens is 1. The highest BCUT2D eigenvalue weighted by Crippen LogP contribution is 2.33. The minimum atomic E-state index is -3.56. The molecule has 1 aromatic carbocycles. The number of aryl methyl sites for hydroxylation is 2. The number of hydrogen-bond acceptors (Lipinski definition) is 4. The molecule has 6 nitrogen and oxygen atoms in total. The van der Waals surface area contributed by atoms with Crippen molar-refractivity contribution in [2.45, 2.75) is 37.5 Å². The highest BCUT2D eigenvalue weighted by molar-refractivity contribution is 7.89. The molecule has 0 unspecified atom stereocenters. The van der Waals surface area contributed by atoms with Crippen molar-refractivity contribution in [3.8, 4) is 0 Å². The summed E-state index contributed by atoms with van der Waals surface area (Å²) in [5, 5.41) is 0.859. The lowest BCUT2D eigenvalue weighted by atomic mass is 9.94. The van der Waals surface area contributed by atoms with Crippen LogP contribution in [0.4, 0.5) is 0 Å².